The predicted molar refractivity (Wildman–Crippen MR) is 106 cm³/mol. The van der Waals surface area contributed by atoms with Gasteiger partial charge in [0.2, 0.25) is 5.95 Å². The molecule has 0 spiro atoms. The van der Waals surface area contributed by atoms with Crippen molar-refractivity contribution in [3.8, 4) is 16.9 Å². The summed E-state index contributed by atoms with van der Waals surface area (Å²) in [4.78, 5) is 15.1. The topological polar surface area (TPSA) is 71.5 Å². The highest BCUT2D eigenvalue weighted by Crippen LogP contribution is 2.53. The number of rotatable bonds is 6. The molecule has 1 amide bonds. The summed E-state index contributed by atoms with van der Waals surface area (Å²) >= 11 is 6.01. The van der Waals surface area contributed by atoms with Crippen molar-refractivity contribution in [2.75, 3.05) is 6.61 Å². The number of carboxylic acid groups (broad SMARTS) is 1. The smallest absolute Gasteiger partial charge is 0.404 e. The van der Waals surface area contributed by atoms with E-state index in [2.05, 4.69) is 10.3 Å². The van der Waals surface area contributed by atoms with Crippen molar-refractivity contribution in [1.82, 2.24) is 10.3 Å². The van der Waals surface area contributed by atoms with E-state index in [1.54, 1.807) is 30.3 Å². The molecule has 0 saturated heterocycles. The molecule has 0 aliphatic heterocycles. The molecule has 1 fully saturated rings. The third-order valence-electron chi connectivity index (χ3n) is 5.11. The minimum Gasteiger partial charge on any atom is -0.491 e. The van der Waals surface area contributed by atoms with Crippen molar-refractivity contribution in [3.63, 3.8) is 0 Å². The number of amides is 1. The zero-order chi connectivity index (χ0) is 20.5. The first-order valence-electron chi connectivity index (χ1n) is 9.14. The Balaban J connectivity index is 1.79. The normalized spacial score (nSPS) is 16.3. The molecule has 28 heavy (non-hydrogen) atoms. The predicted octanol–water partition coefficient (Wildman–Crippen LogP) is 5.38. The van der Waals surface area contributed by atoms with Gasteiger partial charge in [0.15, 0.2) is 0 Å². The van der Waals surface area contributed by atoms with Crippen LogP contribution in [0.15, 0.2) is 36.5 Å². The van der Waals surface area contributed by atoms with Crippen molar-refractivity contribution < 1.29 is 19.0 Å². The van der Waals surface area contributed by atoms with Crippen LogP contribution in [0.5, 0.6) is 5.75 Å². The first kappa shape index (κ1) is 20.4. The van der Waals surface area contributed by atoms with E-state index in [4.69, 9.17) is 16.3 Å². The first-order valence-corrected chi connectivity index (χ1v) is 9.52. The summed E-state index contributed by atoms with van der Waals surface area (Å²) in [6, 6.07) is 8.23. The molecule has 2 aromatic rings. The van der Waals surface area contributed by atoms with Gasteiger partial charge in [-0.25, -0.2) is 9.78 Å². The van der Waals surface area contributed by atoms with Crippen LogP contribution < -0.4 is 10.1 Å². The van der Waals surface area contributed by atoms with E-state index in [0.29, 0.717) is 28.5 Å². The second-order valence-electron chi connectivity index (χ2n) is 8.42. The summed E-state index contributed by atoms with van der Waals surface area (Å²) in [6.45, 7) is 6.34. The van der Waals surface area contributed by atoms with Gasteiger partial charge in [0.1, 0.15) is 5.75 Å². The maximum absolute atomic E-state index is 14.2. The molecule has 150 valence electrons. The molecule has 5 nitrogen and oxygen atoms in total. The van der Waals surface area contributed by atoms with Gasteiger partial charge in [-0.15, -0.1) is 0 Å². The zero-order valence-corrected chi connectivity index (χ0v) is 16.9. The van der Waals surface area contributed by atoms with Crippen LogP contribution in [0, 0.1) is 16.8 Å². The zero-order valence-electron chi connectivity index (χ0n) is 16.1. The van der Waals surface area contributed by atoms with Gasteiger partial charge in [-0.05, 0) is 42.0 Å². The molecule has 1 heterocycles. The number of carbonyl (C=O) groups is 1. The van der Waals surface area contributed by atoms with Gasteiger partial charge >= 0.3 is 6.09 Å². The maximum Gasteiger partial charge on any atom is 0.404 e. The van der Waals surface area contributed by atoms with Gasteiger partial charge in [0.05, 0.1) is 12.8 Å². The largest absolute Gasteiger partial charge is 0.491 e. The minimum absolute atomic E-state index is 0.252. The van der Waals surface area contributed by atoms with Crippen LogP contribution in [0.3, 0.4) is 0 Å². The van der Waals surface area contributed by atoms with Gasteiger partial charge in [-0.2, -0.15) is 4.39 Å². The molecule has 1 aromatic carbocycles. The quantitative estimate of drug-likeness (QED) is 0.631. The SMILES string of the molecule is CC(C)(C)C(NC(=O)O)C1(COc2cnc(F)c(-c3cccc(Cl)c3)c2)CC1. The molecule has 1 aliphatic carbocycles. The summed E-state index contributed by atoms with van der Waals surface area (Å²) in [5.41, 5.74) is 0.386. The van der Waals surface area contributed by atoms with Gasteiger partial charge in [0, 0.05) is 22.0 Å². The van der Waals surface area contributed by atoms with Crippen LogP contribution in [-0.4, -0.2) is 28.8 Å². The Morgan fingerprint density at radius 1 is 1.39 bits per heavy atom. The monoisotopic (exact) mass is 406 g/mol. The third kappa shape index (κ3) is 4.55. The summed E-state index contributed by atoms with van der Waals surface area (Å²) < 4.78 is 20.2. The highest BCUT2D eigenvalue weighted by atomic mass is 35.5. The van der Waals surface area contributed by atoms with Crippen LogP contribution >= 0.6 is 11.6 Å². The van der Waals surface area contributed by atoms with Crippen molar-refractivity contribution in [3.05, 3.63) is 47.5 Å². The van der Waals surface area contributed by atoms with Gasteiger partial charge < -0.3 is 15.2 Å². The van der Waals surface area contributed by atoms with Crippen LogP contribution in [0.4, 0.5) is 9.18 Å². The standard InChI is InChI=1S/C21H24ClFN2O3/c1-20(2,3)18(25-19(26)27)21(7-8-21)12-28-15-10-16(17(23)24-11-15)13-5-4-6-14(22)9-13/h4-6,9-11,18,25H,7-8,12H2,1-3H3,(H,26,27). The van der Waals surface area contributed by atoms with Crippen LogP contribution in [0.1, 0.15) is 33.6 Å². The number of benzene rings is 1. The fourth-order valence-corrected chi connectivity index (χ4v) is 3.87. The average molecular weight is 407 g/mol. The van der Waals surface area contributed by atoms with Gasteiger partial charge in [-0.3, -0.25) is 0 Å². The second kappa shape index (κ2) is 7.59. The summed E-state index contributed by atoms with van der Waals surface area (Å²) in [5.74, 6) is -0.165. The van der Waals surface area contributed by atoms with E-state index in [-0.39, 0.29) is 16.9 Å². The van der Waals surface area contributed by atoms with Crippen molar-refractivity contribution in [2.45, 2.75) is 39.7 Å². The Morgan fingerprint density at radius 2 is 2.11 bits per heavy atom. The van der Waals surface area contributed by atoms with Gasteiger partial charge in [0.25, 0.3) is 0 Å². The van der Waals surface area contributed by atoms with E-state index in [1.165, 1.54) is 6.20 Å². The molecule has 1 atom stereocenters. The lowest BCUT2D eigenvalue weighted by Crippen LogP contribution is -2.51. The van der Waals surface area contributed by atoms with Crippen molar-refractivity contribution in [2.24, 2.45) is 10.8 Å². The molecule has 1 unspecified atom stereocenters. The van der Waals surface area contributed by atoms with Crippen LogP contribution in [0.25, 0.3) is 11.1 Å². The Morgan fingerprint density at radius 3 is 2.68 bits per heavy atom. The molecule has 1 aliphatic rings. The fourth-order valence-electron chi connectivity index (χ4n) is 3.68. The van der Waals surface area contributed by atoms with Gasteiger partial charge in [-0.1, -0.05) is 44.5 Å². The molecular formula is C21H24ClFN2O3. The van der Waals surface area contributed by atoms with E-state index in [1.807, 2.05) is 20.8 Å². The number of aromatic nitrogens is 1. The fraction of sp³-hybridized carbons (Fsp3) is 0.429. The molecule has 1 aromatic heterocycles. The number of halogens is 2. The Hall–Kier alpha value is -2.34. The van der Waals surface area contributed by atoms with Crippen LogP contribution in [-0.2, 0) is 0 Å². The Labute approximate surface area is 168 Å². The number of ether oxygens (including phenoxy) is 1. The number of hydrogen-bond acceptors (Lipinski definition) is 3. The van der Waals surface area contributed by atoms with E-state index in [0.717, 1.165) is 12.8 Å². The second-order valence-corrected chi connectivity index (χ2v) is 8.86. The average Bonchev–Trinajstić information content (AvgIpc) is 3.39. The molecule has 3 rings (SSSR count). The molecule has 0 radical (unpaired) electrons. The van der Waals surface area contributed by atoms with E-state index < -0.39 is 12.0 Å². The summed E-state index contributed by atoms with van der Waals surface area (Å²) in [6.07, 6.45) is 2.03. The maximum atomic E-state index is 14.2. The lowest BCUT2D eigenvalue weighted by atomic mass is 9.77. The van der Waals surface area contributed by atoms with Crippen LogP contribution in [0.2, 0.25) is 5.02 Å². The number of nitrogens with zero attached hydrogens (tertiary/aromatic N) is 1. The third-order valence-corrected chi connectivity index (χ3v) is 5.35. The number of hydrogen-bond donors (Lipinski definition) is 2. The molecule has 2 N–H and O–H groups in total. The van der Waals surface area contributed by atoms with Crippen molar-refractivity contribution in [1.29, 1.82) is 0 Å². The summed E-state index contributed by atoms with van der Waals surface area (Å²) in [7, 11) is 0. The molecule has 1 saturated carbocycles. The number of pyridine rings is 1. The molecule has 0 bridgehead atoms. The lowest BCUT2D eigenvalue weighted by Gasteiger charge is -2.37. The Bertz CT molecular complexity index is 878. The highest BCUT2D eigenvalue weighted by Gasteiger charge is 2.54. The number of nitrogens with one attached hydrogen (secondary N) is 1. The van der Waals surface area contributed by atoms with Crippen molar-refractivity contribution >= 4 is 17.7 Å². The minimum atomic E-state index is -1.04. The highest BCUT2D eigenvalue weighted by molar-refractivity contribution is 6.30. The lowest BCUT2D eigenvalue weighted by molar-refractivity contribution is 0.110. The van der Waals surface area contributed by atoms with E-state index >= 15 is 0 Å². The Kier molecular flexibility index (Phi) is 5.53. The molecular weight excluding hydrogens is 383 g/mol. The first-order chi connectivity index (χ1) is 13.1. The molecule has 7 heteroatoms. The van der Waals surface area contributed by atoms with E-state index in [9.17, 15) is 14.3 Å². The summed E-state index contributed by atoms with van der Waals surface area (Å²) in [5, 5.41) is 12.4.